The van der Waals surface area contributed by atoms with Crippen LogP contribution in [0, 0.1) is 5.92 Å². The Balaban J connectivity index is 2.47. The fourth-order valence-electron chi connectivity index (χ4n) is 2.28. The molecule has 6 heteroatoms. The van der Waals surface area contributed by atoms with E-state index in [0.29, 0.717) is 32.1 Å². The molecule has 1 saturated heterocycles. The summed E-state index contributed by atoms with van der Waals surface area (Å²) in [7, 11) is 0. The van der Waals surface area contributed by atoms with Gasteiger partial charge in [0.1, 0.15) is 11.5 Å². The predicted octanol–water partition coefficient (Wildman–Crippen LogP) is 2.33. The summed E-state index contributed by atoms with van der Waals surface area (Å²) in [4.78, 5) is 27.0. The number of ether oxygens (including phenoxy) is 1. The Hall–Kier alpha value is -0.970. The minimum absolute atomic E-state index is 0.0103. The number of halogens is 1. The van der Waals surface area contributed by atoms with Crippen LogP contribution in [0.25, 0.3) is 0 Å². The van der Waals surface area contributed by atoms with Crippen LogP contribution >= 0.6 is 11.6 Å². The van der Waals surface area contributed by atoms with Gasteiger partial charge in [0.25, 0.3) is 0 Å². The molecule has 1 heterocycles. The first-order valence-electron chi connectivity index (χ1n) is 7.08. The Kier molecular flexibility index (Phi) is 6.11. The Morgan fingerprint density at radius 2 is 2.05 bits per heavy atom. The van der Waals surface area contributed by atoms with Crippen LogP contribution in [0.1, 0.15) is 34.1 Å². The molecule has 0 N–H and O–H groups in total. The highest BCUT2D eigenvalue weighted by Gasteiger charge is 2.31. The van der Waals surface area contributed by atoms with Crippen molar-refractivity contribution < 1.29 is 14.3 Å². The first kappa shape index (κ1) is 17.1. The summed E-state index contributed by atoms with van der Waals surface area (Å²) in [5.74, 6) is 0.260. The monoisotopic (exact) mass is 304 g/mol. The number of hydrogen-bond donors (Lipinski definition) is 0. The number of carbonyl (C=O) groups excluding carboxylic acids is 2. The SMILES string of the molecule is CCN(C[C@@H]1CCN(C(=O)OC(C)(C)C)C1)C(=O)CCl. The lowest BCUT2D eigenvalue weighted by atomic mass is 10.1. The fourth-order valence-corrected chi connectivity index (χ4v) is 2.45. The van der Waals surface area contributed by atoms with Crippen molar-refractivity contribution in [2.24, 2.45) is 5.92 Å². The van der Waals surface area contributed by atoms with Crippen LogP contribution in [0.2, 0.25) is 0 Å². The lowest BCUT2D eigenvalue weighted by molar-refractivity contribution is -0.128. The van der Waals surface area contributed by atoms with Crippen LogP contribution in [0.15, 0.2) is 0 Å². The third-order valence-electron chi connectivity index (χ3n) is 3.26. The van der Waals surface area contributed by atoms with Gasteiger partial charge in [0.05, 0.1) is 0 Å². The lowest BCUT2D eigenvalue weighted by Crippen LogP contribution is -2.38. The molecule has 0 saturated carbocycles. The van der Waals surface area contributed by atoms with Gasteiger partial charge in [0.15, 0.2) is 0 Å². The zero-order chi connectivity index (χ0) is 15.3. The van der Waals surface area contributed by atoms with Gasteiger partial charge in [0, 0.05) is 26.2 Å². The van der Waals surface area contributed by atoms with Crippen molar-refractivity contribution in [2.75, 3.05) is 32.1 Å². The molecule has 0 aromatic heterocycles. The van der Waals surface area contributed by atoms with Gasteiger partial charge in [-0.05, 0) is 40.0 Å². The third kappa shape index (κ3) is 5.19. The summed E-state index contributed by atoms with van der Waals surface area (Å²) in [5, 5.41) is 0. The number of nitrogens with zero attached hydrogens (tertiary/aromatic N) is 2. The molecule has 1 aliphatic heterocycles. The van der Waals surface area contributed by atoms with Crippen molar-refractivity contribution in [2.45, 2.75) is 39.7 Å². The van der Waals surface area contributed by atoms with Crippen molar-refractivity contribution >= 4 is 23.6 Å². The summed E-state index contributed by atoms with van der Waals surface area (Å²) >= 11 is 5.59. The minimum atomic E-state index is -0.473. The van der Waals surface area contributed by atoms with Gasteiger partial charge in [-0.3, -0.25) is 4.79 Å². The van der Waals surface area contributed by atoms with Crippen LogP contribution < -0.4 is 0 Å². The molecular formula is C14H25ClN2O3. The topological polar surface area (TPSA) is 49.9 Å². The normalized spacial score (nSPS) is 19.1. The molecule has 1 aliphatic rings. The largest absolute Gasteiger partial charge is 0.444 e. The molecule has 116 valence electrons. The highest BCUT2D eigenvalue weighted by atomic mass is 35.5. The van der Waals surface area contributed by atoms with E-state index in [1.807, 2.05) is 27.7 Å². The van der Waals surface area contributed by atoms with E-state index in [1.54, 1.807) is 9.80 Å². The molecule has 0 bridgehead atoms. The van der Waals surface area contributed by atoms with Crippen molar-refractivity contribution in [3.63, 3.8) is 0 Å². The Labute approximate surface area is 126 Å². The lowest BCUT2D eigenvalue weighted by Gasteiger charge is -2.26. The molecule has 1 rings (SSSR count). The van der Waals surface area contributed by atoms with Crippen molar-refractivity contribution in [3.8, 4) is 0 Å². The van der Waals surface area contributed by atoms with E-state index in [-0.39, 0.29) is 17.9 Å². The standard InChI is InChI=1S/C14H25ClN2O3/c1-5-16(12(18)8-15)9-11-6-7-17(10-11)13(19)20-14(2,3)4/h11H,5-10H2,1-4H3/t11-/m0/s1. The quantitative estimate of drug-likeness (QED) is 0.749. The van der Waals surface area contributed by atoms with Gasteiger partial charge in [-0.2, -0.15) is 0 Å². The maximum Gasteiger partial charge on any atom is 0.410 e. The summed E-state index contributed by atoms with van der Waals surface area (Å²) in [6.07, 6.45) is 0.623. The molecule has 0 unspecified atom stereocenters. The van der Waals surface area contributed by atoms with Gasteiger partial charge in [-0.25, -0.2) is 4.79 Å². The maximum atomic E-state index is 12.0. The smallest absolute Gasteiger partial charge is 0.410 e. The Bertz CT molecular complexity index is 355. The van der Waals surface area contributed by atoms with Gasteiger partial charge in [-0.15, -0.1) is 11.6 Å². The van der Waals surface area contributed by atoms with Gasteiger partial charge in [0.2, 0.25) is 5.91 Å². The Morgan fingerprint density at radius 1 is 1.40 bits per heavy atom. The van der Waals surface area contributed by atoms with Crippen LogP contribution in [-0.4, -0.2) is 59.5 Å². The van der Waals surface area contributed by atoms with E-state index in [1.165, 1.54) is 0 Å². The van der Waals surface area contributed by atoms with Gasteiger partial charge >= 0.3 is 6.09 Å². The van der Waals surface area contributed by atoms with E-state index in [2.05, 4.69) is 0 Å². The third-order valence-corrected chi connectivity index (χ3v) is 3.49. The van der Waals surface area contributed by atoms with E-state index < -0.39 is 5.60 Å². The molecule has 0 aromatic rings. The molecule has 20 heavy (non-hydrogen) atoms. The highest BCUT2D eigenvalue weighted by molar-refractivity contribution is 6.27. The average Bonchev–Trinajstić information content (AvgIpc) is 2.81. The van der Waals surface area contributed by atoms with Crippen LogP contribution in [0.5, 0.6) is 0 Å². The van der Waals surface area contributed by atoms with Gasteiger partial charge in [-0.1, -0.05) is 0 Å². The Morgan fingerprint density at radius 3 is 2.55 bits per heavy atom. The van der Waals surface area contributed by atoms with E-state index in [9.17, 15) is 9.59 Å². The fraction of sp³-hybridized carbons (Fsp3) is 0.857. The molecule has 2 amide bonds. The second-order valence-corrected chi connectivity index (χ2v) is 6.41. The van der Waals surface area contributed by atoms with Gasteiger partial charge < -0.3 is 14.5 Å². The van der Waals surface area contributed by atoms with E-state index in [4.69, 9.17) is 16.3 Å². The minimum Gasteiger partial charge on any atom is -0.444 e. The van der Waals surface area contributed by atoms with Crippen molar-refractivity contribution in [1.29, 1.82) is 0 Å². The second-order valence-electron chi connectivity index (χ2n) is 6.15. The average molecular weight is 305 g/mol. The second kappa shape index (κ2) is 7.16. The van der Waals surface area contributed by atoms with Crippen molar-refractivity contribution in [1.82, 2.24) is 9.80 Å². The van der Waals surface area contributed by atoms with Crippen molar-refractivity contribution in [3.05, 3.63) is 0 Å². The van der Waals surface area contributed by atoms with E-state index >= 15 is 0 Å². The zero-order valence-electron chi connectivity index (χ0n) is 12.8. The first-order chi connectivity index (χ1) is 9.26. The summed E-state index contributed by atoms with van der Waals surface area (Å²) in [6, 6.07) is 0. The molecule has 5 nitrogen and oxygen atoms in total. The molecule has 0 radical (unpaired) electrons. The summed E-state index contributed by atoms with van der Waals surface area (Å²) in [5.41, 5.74) is -0.473. The number of alkyl halides is 1. The molecule has 0 spiro atoms. The number of carbonyl (C=O) groups is 2. The molecule has 1 fully saturated rings. The van der Waals surface area contributed by atoms with Crippen LogP contribution in [0.4, 0.5) is 4.79 Å². The number of rotatable bonds is 4. The number of hydrogen-bond acceptors (Lipinski definition) is 3. The number of amides is 2. The number of likely N-dealkylation sites (tertiary alicyclic amines) is 1. The van der Waals surface area contributed by atoms with Crippen LogP contribution in [-0.2, 0) is 9.53 Å². The molecule has 0 aliphatic carbocycles. The first-order valence-corrected chi connectivity index (χ1v) is 7.62. The summed E-state index contributed by atoms with van der Waals surface area (Å²) < 4.78 is 5.36. The molecule has 0 aromatic carbocycles. The zero-order valence-corrected chi connectivity index (χ0v) is 13.6. The van der Waals surface area contributed by atoms with Crippen LogP contribution in [0.3, 0.4) is 0 Å². The summed E-state index contributed by atoms with van der Waals surface area (Å²) in [6.45, 7) is 10.1. The molecule has 1 atom stereocenters. The molecular weight excluding hydrogens is 280 g/mol. The maximum absolute atomic E-state index is 12.0. The van der Waals surface area contributed by atoms with E-state index in [0.717, 1.165) is 6.42 Å². The highest BCUT2D eigenvalue weighted by Crippen LogP contribution is 2.20. The predicted molar refractivity (Wildman–Crippen MR) is 78.9 cm³/mol.